The van der Waals surface area contributed by atoms with Crippen LogP contribution in [0.3, 0.4) is 0 Å². The maximum absolute atomic E-state index is 11.7. The van der Waals surface area contributed by atoms with E-state index in [1.54, 1.807) is 0 Å². The maximum Gasteiger partial charge on any atom is 0.326 e. The molecule has 0 spiro atoms. The fourth-order valence-electron chi connectivity index (χ4n) is 1.98. The minimum absolute atomic E-state index is 0.0838. The van der Waals surface area contributed by atoms with E-state index in [4.69, 9.17) is 5.11 Å². The first-order valence-electron chi connectivity index (χ1n) is 6.49. The van der Waals surface area contributed by atoms with Gasteiger partial charge in [0.05, 0.1) is 0 Å². The van der Waals surface area contributed by atoms with Gasteiger partial charge in [-0.2, -0.15) is 0 Å². The number of urea groups is 1. The first kappa shape index (κ1) is 14.5. The Morgan fingerprint density at radius 3 is 2.67 bits per heavy atom. The van der Waals surface area contributed by atoms with Crippen molar-refractivity contribution in [2.24, 2.45) is 5.92 Å². The number of carboxylic acid groups (broad SMARTS) is 1. The van der Waals surface area contributed by atoms with Gasteiger partial charge in [-0.25, -0.2) is 9.59 Å². The molecule has 0 heterocycles. The van der Waals surface area contributed by atoms with Gasteiger partial charge < -0.3 is 15.7 Å². The van der Waals surface area contributed by atoms with E-state index < -0.39 is 12.0 Å². The summed E-state index contributed by atoms with van der Waals surface area (Å²) in [4.78, 5) is 22.8. The first-order valence-corrected chi connectivity index (χ1v) is 6.49. The van der Waals surface area contributed by atoms with Crippen molar-refractivity contribution in [3.05, 3.63) is 12.2 Å². The van der Waals surface area contributed by atoms with E-state index in [9.17, 15) is 9.59 Å². The SMILES string of the molecule is CC[C@H](C)[C@H](NC(=O)NC1CC=CCC1)C(=O)O. The Bertz CT molecular complexity index is 328. The Hall–Kier alpha value is -1.52. The largest absolute Gasteiger partial charge is 0.480 e. The van der Waals surface area contributed by atoms with Crippen LogP contribution in [-0.2, 0) is 4.79 Å². The summed E-state index contributed by atoms with van der Waals surface area (Å²) in [6.07, 6.45) is 7.52. The molecular formula is C13H22N2O3. The average molecular weight is 254 g/mol. The van der Waals surface area contributed by atoms with Crippen molar-refractivity contribution in [3.8, 4) is 0 Å². The van der Waals surface area contributed by atoms with Gasteiger partial charge in [0.1, 0.15) is 6.04 Å². The van der Waals surface area contributed by atoms with Crippen molar-refractivity contribution in [3.63, 3.8) is 0 Å². The number of rotatable bonds is 5. The topological polar surface area (TPSA) is 78.4 Å². The molecule has 1 aliphatic carbocycles. The van der Waals surface area contributed by atoms with Gasteiger partial charge in [0.15, 0.2) is 0 Å². The lowest BCUT2D eigenvalue weighted by Gasteiger charge is -2.24. The molecule has 5 nitrogen and oxygen atoms in total. The zero-order valence-electron chi connectivity index (χ0n) is 11.0. The fraction of sp³-hybridized carbons (Fsp3) is 0.692. The number of hydrogen-bond acceptors (Lipinski definition) is 2. The van der Waals surface area contributed by atoms with Crippen LogP contribution in [0.1, 0.15) is 39.5 Å². The number of carbonyl (C=O) groups excluding carboxylic acids is 1. The van der Waals surface area contributed by atoms with Crippen LogP contribution in [0.4, 0.5) is 4.79 Å². The second kappa shape index (κ2) is 7.03. The number of allylic oxidation sites excluding steroid dienone is 1. The molecule has 3 N–H and O–H groups in total. The lowest BCUT2D eigenvalue weighted by molar-refractivity contribution is -0.140. The molecule has 102 valence electrons. The minimum Gasteiger partial charge on any atom is -0.480 e. The molecule has 0 bridgehead atoms. The van der Waals surface area contributed by atoms with E-state index in [0.717, 1.165) is 19.3 Å². The van der Waals surface area contributed by atoms with E-state index in [0.29, 0.717) is 6.42 Å². The standard InChI is InChI=1S/C13H22N2O3/c1-3-9(2)11(12(16)17)15-13(18)14-10-7-5-4-6-8-10/h4-5,9-11H,3,6-8H2,1-2H3,(H,16,17)(H2,14,15,18)/t9-,10?,11-/m0/s1. The summed E-state index contributed by atoms with van der Waals surface area (Å²) in [6.45, 7) is 3.73. The third-order valence-electron chi connectivity index (χ3n) is 3.37. The molecule has 0 radical (unpaired) electrons. The third kappa shape index (κ3) is 4.39. The molecule has 1 unspecified atom stereocenters. The lowest BCUT2D eigenvalue weighted by Crippen LogP contribution is -2.51. The summed E-state index contributed by atoms with van der Waals surface area (Å²) in [5.41, 5.74) is 0. The highest BCUT2D eigenvalue weighted by Crippen LogP contribution is 2.11. The normalized spacial score (nSPS) is 22.0. The Morgan fingerprint density at radius 2 is 2.17 bits per heavy atom. The van der Waals surface area contributed by atoms with Crippen molar-refractivity contribution in [1.82, 2.24) is 10.6 Å². The molecule has 0 aromatic heterocycles. The number of carbonyl (C=O) groups is 2. The molecule has 5 heteroatoms. The van der Waals surface area contributed by atoms with E-state index in [1.807, 2.05) is 19.9 Å². The van der Waals surface area contributed by atoms with Crippen molar-refractivity contribution >= 4 is 12.0 Å². The van der Waals surface area contributed by atoms with Crippen LogP contribution < -0.4 is 10.6 Å². The Morgan fingerprint density at radius 1 is 1.44 bits per heavy atom. The van der Waals surface area contributed by atoms with E-state index in [1.165, 1.54) is 0 Å². The molecule has 18 heavy (non-hydrogen) atoms. The number of aliphatic carboxylic acids is 1. The number of hydrogen-bond donors (Lipinski definition) is 3. The summed E-state index contributed by atoms with van der Waals surface area (Å²) < 4.78 is 0. The molecular weight excluding hydrogens is 232 g/mol. The quantitative estimate of drug-likeness (QED) is 0.656. The average Bonchev–Trinajstić information content (AvgIpc) is 2.36. The van der Waals surface area contributed by atoms with Crippen LogP contribution >= 0.6 is 0 Å². The van der Waals surface area contributed by atoms with Crippen molar-refractivity contribution in [2.45, 2.75) is 51.6 Å². The Balaban J connectivity index is 2.45. The predicted octanol–water partition coefficient (Wildman–Crippen LogP) is 1.89. The summed E-state index contributed by atoms with van der Waals surface area (Å²) >= 11 is 0. The molecule has 2 amide bonds. The lowest BCUT2D eigenvalue weighted by atomic mass is 9.99. The predicted molar refractivity (Wildman–Crippen MR) is 69.3 cm³/mol. The highest BCUT2D eigenvalue weighted by Gasteiger charge is 2.26. The van der Waals surface area contributed by atoms with Gasteiger partial charge >= 0.3 is 12.0 Å². The maximum atomic E-state index is 11.7. The van der Waals surface area contributed by atoms with Crippen LogP contribution in [-0.4, -0.2) is 29.2 Å². The van der Waals surface area contributed by atoms with Crippen LogP contribution in [0.15, 0.2) is 12.2 Å². The van der Waals surface area contributed by atoms with Crippen LogP contribution in [0.5, 0.6) is 0 Å². The van der Waals surface area contributed by atoms with Crippen molar-refractivity contribution < 1.29 is 14.7 Å². The van der Waals surface area contributed by atoms with E-state index in [-0.39, 0.29) is 18.0 Å². The van der Waals surface area contributed by atoms with Gasteiger partial charge in [-0.1, -0.05) is 32.4 Å². The molecule has 0 saturated heterocycles. The highest BCUT2D eigenvalue weighted by molar-refractivity contribution is 5.82. The minimum atomic E-state index is -0.983. The fourth-order valence-corrected chi connectivity index (χ4v) is 1.98. The van der Waals surface area contributed by atoms with Gasteiger partial charge in [0, 0.05) is 6.04 Å². The van der Waals surface area contributed by atoms with E-state index >= 15 is 0 Å². The smallest absolute Gasteiger partial charge is 0.326 e. The van der Waals surface area contributed by atoms with Gasteiger partial charge in [-0.05, 0) is 25.2 Å². The molecule has 0 aliphatic heterocycles. The van der Waals surface area contributed by atoms with Crippen LogP contribution in [0.2, 0.25) is 0 Å². The first-order chi connectivity index (χ1) is 8.54. The Kier molecular flexibility index (Phi) is 5.68. The Labute approximate surface area is 108 Å². The van der Waals surface area contributed by atoms with Crippen molar-refractivity contribution in [1.29, 1.82) is 0 Å². The van der Waals surface area contributed by atoms with E-state index in [2.05, 4.69) is 16.7 Å². The van der Waals surface area contributed by atoms with Gasteiger partial charge in [-0.3, -0.25) is 0 Å². The number of carboxylic acids is 1. The van der Waals surface area contributed by atoms with Crippen LogP contribution in [0, 0.1) is 5.92 Å². The van der Waals surface area contributed by atoms with Crippen LogP contribution in [0.25, 0.3) is 0 Å². The summed E-state index contributed by atoms with van der Waals surface area (Å²) in [5.74, 6) is -1.07. The van der Waals surface area contributed by atoms with Gasteiger partial charge in [0.25, 0.3) is 0 Å². The van der Waals surface area contributed by atoms with Gasteiger partial charge in [-0.15, -0.1) is 0 Å². The summed E-state index contributed by atoms with van der Waals surface area (Å²) in [5, 5.41) is 14.4. The summed E-state index contributed by atoms with van der Waals surface area (Å²) in [6, 6.07) is -1.10. The summed E-state index contributed by atoms with van der Waals surface area (Å²) in [7, 11) is 0. The molecule has 0 fully saturated rings. The molecule has 1 rings (SSSR count). The zero-order valence-corrected chi connectivity index (χ0v) is 11.0. The molecule has 0 aromatic carbocycles. The van der Waals surface area contributed by atoms with Gasteiger partial charge in [0.2, 0.25) is 0 Å². The molecule has 3 atom stereocenters. The second-order valence-electron chi connectivity index (χ2n) is 4.80. The van der Waals surface area contributed by atoms with Crippen molar-refractivity contribution in [2.75, 3.05) is 0 Å². The monoisotopic (exact) mass is 254 g/mol. The molecule has 1 aliphatic rings. The zero-order chi connectivity index (χ0) is 13.5. The number of amides is 2. The molecule has 0 saturated carbocycles. The molecule has 0 aromatic rings. The third-order valence-corrected chi connectivity index (χ3v) is 3.37. The second-order valence-corrected chi connectivity index (χ2v) is 4.80. The number of nitrogens with one attached hydrogen (secondary N) is 2. The highest BCUT2D eigenvalue weighted by atomic mass is 16.4.